The van der Waals surface area contributed by atoms with E-state index in [4.69, 9.17) is 14.6 Å². The summed E-state index contributed by atoms with van der Waals surface area (Å²) in [6.07, 6.45) is 3.47. The maximum Gasteiger partial charge on any atom is 0.230 e. The first-order chi connectivity index (χ1) is 13.0. The second-order valence-electron chi connectivity index (χ2n) is 7.43. The van der Waals surface area contributed by atoms with Gasteiger partial charge in [0.05, 0.1) is 38.2 Å². The van der Waals surface area contributed by atoms with Crippen LogP contribution in [0.3, 0.4) is 0 Å². The van der Waals surface area contributed by atoms with E-state index in [0.717, 1.165) is 11.3 Å². The molecule has 0 aromatic heterocycles. The van der Waals surface area contributed by atoms with Crippen molar-refractivity contribution in [2.75, 3.05) is 33.9 Å². The molecule has 1 N–H and O–H groups in total. The third-order valence-corrected chi connectivity index (χ3v) is 5.78. The molecule has 0 saturated carbocycles. The summed E-state index contributed by atoms with van der Waals surface area (Å²) in [7, 11) is 3.26. The molecule has 2 fully saturated rings. The van der Waals surface area contributed by atoms with Crippen molar-refractivity contribution in [3.05, 3.63) is 42.0 Å². The van der Waals surface area contributed by atoms with Crippen molar-refractivity contribution >= 4 is 11.8 Å². The van der Waals surface area contributed by atoms with E-state index in [2.05, 4.69) is 0 Å². The average molecular weight is 372 g/mol. The maximum absolute atomic E-state index is 13.2. The van der Waals surface area contributed by atoms with E-state index in [1.165, 1.54) is 4.90 Å². The van der Waals surface area contributed by atoms with Crippen LogP contribution in [-0.4, -0.2) is 72.3 Å². The topological polar surface area (TPSA) is 79.3 Å². The summed E-state index contributed by atoms with van der Waals surface area (Å²) in [6.45, 7) is 1.02. The smallest absolute Gasteiger partial charge is 0.230 e. The second kappa shape index (κ2) is 6.65. The molecule has 1 spiro atoms. The van der Waals surface area contributed by atoms with Crippen LogP contribution in [-0.2, 0) is 20.9 Å². The fourth-order valence-electron chi connectivity index (χ4n) is 4.50. The molecule has 0 aliphatic carbocycles. The number of ether oxygens (including phenoxy) is 2. The van der Waals surface area contributed by atoms with Gasteiger partial charge in [0, 0.05) is 20.1 Å². The van der Waals surface area contributed by atoms with Crippen LogP contribution in [0, 0.1) is 11.8 Å². The SMILES string of the molecule is COc1cccc(CN2C[C@@]34C=C[C@@H](O3)C(C(=O)N(C)CCO)C4C2=O)c1. The van der Waals surface area contributed by atoms with Crippen LogP contribution in [0.5, 0.6) is 5.75 Å². The van der Waals surface area contributed by atoms with E-state index in [1.807, 2.05) is 36.4 Å². The molecule has 2 bridgehead atoms. The Labute approximate surface area is 158 Å². The van der Waals surface area contributed by atoms with Crippen molar-refractivity contribution in [2.45, 2.75) is 18.2 Å². The second-order valence-corrected chi connectivity index (χ2v) is 7.43. The van der Waals surface area contributed by atoms with E-state index in [9.17, 15) is 9.59 Å². The normalized spacial score (nSPS) is 30.7. The number of amides is 2. The molecule has 4 atom stereocenters. The Morgan fingerprint density at radius 2 is 2.30 bits per heavy atom. The molecule has 1 aromatic carbocycles. The number of carbonyl (C=O) groups is 2. The quantitative estimate of drug-likeness (QED) is 0.733. The first-order valence-corrected chi connectivity index (χ1v) is 9.14. The lowest BCUT2D eigenvalue weighted by atomic mass is 9.76. The van der Waals surface area contributed by atoms with Gasteiger partial charge in [-0.15, -0.1) is 0 Å². The predicted molar refractivity (Wildman–Crippen MR) is 96.9 cm³/mol. The minimum atomic E-state index is -0.721. The predicted octanol–water partition coefficient (Wildman–Crippen LogP) is 0.428. The zero-order chi connectivity index (χ0) is 19.2. The summed E-state index contributed by atoms with van der Waals surface area (Å²) >= 11 is 0. The summed E-state index contributed by atoms with van der Waals surface area (Å²) in [5, 5.41) is 9.12. The van der Waals surface area contributed by atoms with Crippen molar-refractivity contribution in [1.82, 2.24) is 9.80 Å². The fraction of sp³-hybridized carbons (Fsp3) is 0.500. The lowest BCUT2D eigenvalue weighted by molar-refractivity contribution is -0.142. The highest BCUT2D eigenvalue weighted by Crippen LogP contribution is 2.52. The number of rotatable bonds is 6. The van der Waals surface area contributed by atoms with Gasteiger partial charge in [-0.1, -0.05) is 24.3 Å². The van der Waals surface area contributed by atoms with Gasteiger partial charge in [0.1, 0.15) is 11.4 Å². The van der Waals surface area contributed by atoms with Crippen molar-refractivity contribution < 1.29 is 24.2 Å². The third-order valence-electron chi connectivity index (χ3n) is 5.78. The summed E-state index contributed by atoms with van der Waals surface area (Å²) in [6, 6.07) is 7.62. The lowest BCUT2D eigenvalue weighted by Gasteiger charge is -2.27. The Balaban J connectivity index is 1.56. The molecular formula is C20H24N2O5. The van der Waals surface area contributed by atoms with E-state index in [-0.39, 0.29) is 31.1 Å². The number of nitrogens with zero attached hydrogens (tertiary/aromatic N) is 2. The first-order valence-electron chi connectivity index (χ1n) is 9.14. The minimum absolute atomic E-state index is 0.0552. The molecule has 27 heavy (non-hydrogen) atoms. The first kappa shape index (κ1) is 18.0. The zero-order valence-electron chi connectivity index (χ0n) is 15.5. The third kappa shape index (κ3) is 2.82. The number of likely N-dealkylation sites (N-methyl/N-ethyl adjacent to an activating group) is 1. The Morgan fingerprint density at radius 1 is 1.48 bits per heavy atom. The van der Waals surface area contributed by atoms with Crippen molar-refractivity contribution in [3.8, 4) is 5.75 Å². The molecule has 2 saturated heterocycles. The van der Waals surface area contributed by atoms with E-state index in [0.29, 0.717) is 13.1 Å². The summed E-state index contributed by atoms with van der Waals surface area (Å²) in [5.41, 5.74) is 0.249. The molecule has 144 valence electrons. The van der Waals surface area contributed by atoms with E-state index >= 15 is 0 Å². The highest BCUT2D eigenvalue weighted by molar-refractivity contribution is 5.93. The molecule has 4 rings (SSSR count). The Kier molecular flexibility index (Phi) is 4.44. The van der Waals surface area contributed by atoms with Gasteiger partial charge in [-0.25, -0.2) is 0 Å². The number of likely N-dealkylation sites (tertiary alicyclic amines) is 1. The van der Waals surface area contributed by atoms with Crippen LogP contribution in [0.1, 0.15) is 5.56 Å². The Bertz CT molecular complexity index is 794. The monoisotopic (exact) mass is 372 g/mol. The largest absolute Gasteiger partial charge is 0.497 e. The highest BCUT2D eigenvalue weighted by Gasteiger charge is 2.67. The Morgan fingerprint density at radius 3 is 3.04 bits per heavy atom. The molecule has 3 aliphatic heterocycles. The van der Waals surface area contributed by atoms with Gasteiger partial charge in [-0.05, 0) is 17.7 Å². The maximum atomic E-state index is 13.2. The number of aliphatic hydroxyl groups excluding tert-OH is 1. The van der Waals surface area contributed by atoms with Crippen LogP contribution < -0.4 is 4.74 Å². The lowest BCUT2D eigenvalue weighted by Crippen LogP contribution is -2.45. The van der Waals surface area contributed by atoms with Gasteiger partial charge < -0.3 is 24.4 Å². The van der Waals surface area contributed by atoms with Gasteiger partial charge in [0.15, 0.2) is 0 Å². The van der Waals surface area contributed by atoms with Crippen molar-refractivity contribution in [3.63, 3.8) is 0 Å². The number of hydrogen-bond acceptors (Lipinski definition) is 5. The summed E-state index contributed by atoms with van der Waals surface area (Å²) < 4.78 is 11.4. The van der Waals surface area contributed by atoms with Crippen LogP contribution in [0.2, 0.25) is 0 Å². The molecule has 1 aromatic rings. The molecule has 2 amide bonds. The highest BCUT2D eigenvalue weighted by atomic mass is 16.5. The van der Waals surface area contributed by atoms with Crippen LogP contribution >= 0.6 is 0 Å². The van der Waals surface area contributed by atoms with Crippen LogP contribution in [0.15, 0.2) is 36.4 Å². The molecule has 3 aliphatic rings. The number of aliphatic hydroxyl groups is 1. The average Bonchev–Trinajstić information content (AvgIpc) is 3.30. The van der Waals surface area contributed by atoms with Gasteiger partial charge >= 0.3 is 0 Å². The van der Waals surface area contributed by atoms with Crippen molar-refractivity contribution in [1.29, 1.82) is 0 Å². The molecular weight excluding hydrogens is 348 g/mol. The van der Waals surface area contributed by atoms with Crippen molar-refractivity contribution in [2.24, 2.45) is 11.8 Å². The minimum Gasteiger partial charge on any atom is -0.497 e. The number of fused-ring (bicyclic) bond motifs is 1. The Hall–Kier alpha value is -2.38. The summed E-state index contributed by atoms with van der Waals surface area (Å²) in [5.74, 6) is -0.503. The van der Waals surface area contributed by atoms with Crippen LogP contribution in [0.4, 0.5) is 0 Å². The molecule has 3 heterocycles. The van der Waals surface area contributed by atoms with Gasteiger partial charge in [-0.3, -0.25) is 9.59 Å². The number of carbonyl (C=O) groups excluding carboxylic acids is 2. The van der Waals surface area contributed by atoms with E-state index in [1.54, 1.807) is 19.1 Å². The summed E-state index contributed by atoms with van der Waals surface area (Å²) in [4.78, 5) is 29.3. The van der Waals surface area contributed by atoms with Gasteiger partial charge in [0.25, 0.3) is 0 Å². The van der Waals surface area contributed by atoms with Crippen LogP contribution in [0.25, 0.3) is 0 Å². The zero-order valence-corrected chi connectivity index (χ0v) is 15.5. The molecule has 0 radical (unpaired) electrons. The standard InChI is InChI=1S/C20H24N2O5/c1-21(8-9-23)18(24)16-15-6-7-20(27-15)12-22(19(25)17(16)20)11-13-4-3-5-14(10-13)26-2/h3-7,10,15-17,23H,8-9,11-12H2,1-2H3/t15-,16?,17?,20-/m1/s1. The number of methoxy groups -OCH3 is 1. The van der Waals surface area contributed by atoms with Gasteiger partial charge in [-0.2, -0.15) is 0 Å². The number of hydrogen-bond donors (Lipinski definition) is 1. The fourth-order valence-corrected chi connectivity index (χ4v) is 4.50. The molecule has 2 unspecified atom stereocenters. The molecule has 7 heteroatoms. The number of benzene rings is 1. The molecule has 7 nitrogen and oxygen atoms in total. The van der Waals surface area contributed by atoms with Gasteiger partial charge in [0.2, 0.25) is 11.8 Å². The van der Waals surface area contributed by atoms with E-state index < -0.39 is 17.4 Å².